The Morgan fingerprint density at radius 3 is 2.62 bits per heavy atom. The summed E-state index contributed by atoms with van der Waals surface area (Å²) >= 11 is 0. The van der Waals surface area contributed by atoms with Gasteiger partial charge < -0.3 is 10.1 Å². The first-order valence-electron chi connectivity index (χ1n) is 4.78. The summed E-state index contributed by atoms with van der Waals surface area (Å²) in [5, 5.41) is 12.9. The number of hydrogen-bond donors (Lipinski definition) is 1. The molecule has 16 heavy (non-hydrogen) atoms. The average molecular weight is 224 g/mol. The second-order valence-electron chi connectivity index (χ2n) is 3.03. The van der Waals surface area contributed by atoms with E-state index >= 15 is 0 Å². The van der Waals surface area contributed by atoms with Crippen molar-refractivity contribution in [2.45, 2.75) is 6.42 Å². The predicted molar refractivity (Wildman–Crippen MR) is 57.3 cm³/mol. The van der Waals surface area contributed by atoms with E-state index in [-0.39, 0.29) is 5.69 Å². The lowest BCUT2D eigenvalue weighted by Crippen LogP contribution is -2.14. The van der Waals surface area contributed by atoms with Crippen LogP contribution < -0.4 is 10.1 Å². The minimum atomic E-state index is -0.461. The van der Waals surface area contributed by atoms with Crippen LogP contribution in [0.4, 0.5) is 5.69 Å². The van der Waals surface area contributed by atoms with Gasteiger partial charge in [-0.1, -0.05) is 0 Å². The van der Waals surface area contributed by atoms with E-state index in [9.17, 15) is 14.9 Å². The standard InChI is InChI=1S/C10H12N2O4/c13-8-11-6-1-7-16-10-4-2-9(3-5-10)12(14)15/h2-5,8H,1,6-7H2,(H,11,13). The SMILES string of the molecule is O=CNCCCOc1ccc([N+](=O)[O-])cc1. The number of nitrogens with zero attached hydrogens (tertiary/aromatic N) is 1. The van der Waals surface area contributed by atoms with Gasteiger partial charge in [0, 0.05) is 18.7 Å². The molecule has 0 aliphatic rings. The lowest BCUT2D eigenvalue weighted by atomic mass is 10.3. The Morgan fingerprint density at radius 1 is 1.38 bits per heavy atom. The van der Waals surface area contributed by atoms with E-state index in [1.165, 1.54) is 12.1 Å². The molecule has 6 nitrogen and oxygen atoms in total. The summed E-state index contributed by atoms with van der Waals surface area (Å²) < 4.78 is 5.31. The molecule has 0 bridgehead atoms. The smallest absolute Gasteiger partial charge is 0.269 e. The van der Waals surface area contributed by atoms with Crippen LogP contribution in [-0.4, -0.2) is 24.5 Å². The van der Waals surface area contributed by atoms with Crippen LogP contribution in [0.5, 0.6) is 5.75 Å². The Bertz CT molecular complexity index is 350. The minimum absolute atomic E-state index is 0.0370. The van der Waals surface area contributed by atoms with Crippen LogP contribution in [-0.2, 0) is 4.79 Å². The third kappa shape index (κ3) is 3.95. The summed E-state index contributed by atoms with van der Waals surface area (Å²) in [6.07, 6.45) is 1.32. The van der Waals surface area contributed by atoms with E-state index in [1.807, 2.05) is 0 Å². The van der Waals surface area contributed by atoms with Crippen molar-refractivity contribution in [1.29, 1.82) is 0 Å². The number of non-ortho nitro benzene ring substituents is 1. The zero-order valence-corrected chi connectivity index (χ0v) is 8.59. The van der Waals surface area contributed by atoms with Gasteiger partial charge in [0.15, 0.2) is 0 Å². The molecule has 0 fully saturated rings. The number of benzene rings is 1. The molecule has 0 unspecified atom stereocenters. The first-order valence-corrected chi connectivity index (χ1v) is 4.78. The van der Waals surface area contributed by atoms with Gasteiger partial charge in [-0.2, -0.15) is 0 Å². The number of carbonyl (C=O) groups is 1. The van der Waals surface area contributed by atoms with E-state index in [0.717, 1.165) is 0 Å². The van der Waals surface area contributed by atoms with Gasteiger partial charge >= 0.3 is 0 Å². The summed E-state index contributed by atoms with van der Waals surface area (Å²) in [5.74, 6) is 0.580. The Labute approximate surface area is 92.4 Å². The second kappa shape index (κ2) is 6.39. The molecule has 1 aromatic rings. The molecule has 0 aliphatic heterocycles. The molecule has 6 heteroatoms. The number of hydrogen-bond acceptors (Lipinski definition) is 4. The highest BCUT2D eigenvalue weighted by molar-refractivity contribution is 5.45. The molecule has 1 aromatic carbocycles. The number of nitrogens with one attached hydrogen (secondary N) is 1. The van der Waals surface area contributed by atoms with Crippen LogP contribution in [0.25, 0.3) is 0 Å². The van der Waals surface area contributed by atoms with E-state index in [2.05, 4.69) is 5.32 Å². The fourth-order valence-corrected chi connectivity index (χ4v) is 1.09. The Balaban J connectivity index is 2.32. The quantitative estimate of drug-likeness (QED) is 0.325. The van der Waals surface area contributed by atoms with Gasteiger partial charge in [0.05, 0.1) is 11.5 Å². The highest BCUT2D eigenvalue weighted by atomic mass is 16.6. The number of nitro benzene ring substituents is 1. The van der Waals surface area contributed by atoms with Crippen molar-refractivity contribution in [1.82, 2.24) is 5.32 Å². The van der Waals surface area contributed by atoms with E-state index in [0.29, 0.717) is 31.7 Å². The van der Waals surface area contributed by atoms with Gasteiger partial charge in [0.25, 0.3) is 5.69 Å². The molecule has 1 amide bonds. The van der Waals surface area contributed by atoms with E-state index in [1.54, 1.807) is 12.1 Å². The first kappa shape index (κ1) is 12.0. The fraction of sp³-hybridized carbons (Fsp3) is 0.300. The number of carbonyl (C=O) groups excluding carboxylic acids is 1. The third-order valence-electron chi connectivity index (χ3n) is 1.87. The van der Waals surface area contributed by atoms with Gasteiger partial charge in [-0.25, -0.2) is 0 Å². The molecule has 0 aliphatic carbocycles. The summed E-state index contributed by atoms with van der Waals surface area (Å²) in [5.41, 5.74) is 0.0370. The van der Waals surface area contributed by atoms with Gasteiger partial charge in [-0.3, -0.25) is 14.9 Å². The van der Waals surface area contributed by atoms with Gasteiger partial charge in [-0.05, 0) is 18.6 Å². The normalized spacial score (nSPS) is 9.50. The second-order valence-corrected chi connectivity index (χ2v) is 3.03. The number of ether oxygens (including phenoxy) is 1. The van der Waals surface area contributed by atoms with Crippen LogP contribution in [0, 0.1) is 10.1 Å². The van der Waals surface area contributed by atoms with Crippen molar-refractivity contribution in [2.24, 2.45) is 0 Å². The summed E-state index contributed by atoms with van der Waals surface area (Å²) in [6, 6.07) is 5.87. The topological polar surface area (TPSA) is 81.5 Å². The number of nitro groups is 1. The minimum Gasteiger partial charge on any atom is -0.494 e. The van der Waals surface area contributed by atoms with Gasteiger partial charge in [0.1, 0.15) is 5.75 Å². The Kier molecular flexibility index (Phi) is 4.78. The summed E-state index contributed by atoms with van der Waals surface area (Å²) in [6.45, 7) is 1.01. The van der Waals surface area contributed by atoms with Crippen LogP contribution in [0.1, 0.15) is 6.42 Å². The monoisotopic (exact) mass is 224 g/mol. The first-order chi connectivity index (χ1) is 7.74. The fourth-order valence-electron chi connectivity index (χ4n) is 1.09. The average Bonchev–Trinajstić information content (AvgIpc) is 2.29. The Morgan fingerprint density at radius 2 is 2.06 bits per heavy atom. The van der Waals surface area contributed by atoms with E-state index < -0.39 is 4.92 Å². The molecule has 0 saturated heterocycles. The lowest BCUT2D eigenvalue weighted by Gasteiger charge is -2.04. The van der Waals surface area contributed by atoms with Crippen molar-refractivity contribution in [2.75, 3.05) is 13.2 Å². The van der Waals surface area contributed by atoms with Crippen molar-refractivity contribution in [3.05, 3.63) is 34.4 Å². The summed E-state index contributed by atoms with van der Waals surface area (Å²) in [7, 11) is 0. The molecule has 86 valence electrons. The number of rotatable bonds is 7. The van der Waals surface area contributed by atoms with Crippen molar-refractivity contribution >= 4 is 12.1 Å². The summed E-state index contributed by atoms with van der Waals surface area (Å²) in [4.78, 5) is 19.8. The lowest BCUT2D eigenvalue weighted by molar-refractivity contribution is -0.384. The molecule has 0 atom stereocenters. The Hall–Kier alpha value is -2.11. The van der Waals surface area contributed by atoms with Crippen LogP contribution in [0.3, 0.4) is 0 Å². The maximum Gasteiger partial charge on any atom is 0.269 e. The van der Waals surface area contributed by atoms with Gasteiger partial charge in [-0.15, -0.1) is 0 Å². The van der Waals surface area contributed by atoms with Crippen molar-refractivity contribution in [3.8, 4) is 5.75 Å². The molecule has 0 radical (unpaired) electrons. The molecule has 1 N–H and O–H groups in total. The highest BCUT2D eigenvalue weighted by Crippen LogP contribution is 2.17. The molecule has 0 spiro atoms. The van der Waals surface area contributed by atoms with Crippen LogP contribution in [0.15, 0.2) is 24.3 Å². The molecule has 0 saturated carbocycles. The zero-order chi connectivity index (χ0) is 11.8. The maximum absolute atomic E-state index is 10.4. The molecule has 0 aromatic heterocycles. The zero-order valence-electron chi connectivity index (χ0n) is 8.59. The largest absolute Gasteiger partial charge is 0.494 e. The van der Waals surface area contributed by atoms with Crippen molar-refractivity contribution in [3.63, 3.8) is 0 Å². The van der Waals surface area contributed by atoms with Crippen molar-refractivity contribution < 1.29 is 14.5 Å². The molecular weight excluding hydrogens is 212 g/mol. The maximum atomic E-state index is 10.4. The highest BCUT2D eigenvalue weighted by Gasteiger charge is 2.03. The number of amides is 1. The van der Waals surface area contributed by atoms with Gasteiger partial charge in [0.2, 0.25) is 6.41 Å². The van der Waals surface area contributed by atoms with E-state index in [4.69, 9.17) is 4.74 Å². The predicted octanol–water partition coefficient (Wildman–Crippen LogP) is 1.11. The molecule has 0 heterocycles. The third-order valence-corrected chi connectivity index (χ3v) is 1.87. The molecule has 1 rings (SSSR count). The van der Waals surface area contributed by atoms with Crippen LogP contribution >= 0.6 is 0 Å². The van der Waals surface area contributed by atoms with Crippen LogP contribution in [0.2, 0.25) is 0 Å². The molecular formula is C10H12N2O4.